The number of nitrogens with two attached hydrogens (primary N) is 1. The predicted octanol–water partition coefficient (Wildman–Crippen LogP) is 0.616. The van der Waals surface area contributed by atoms with Gasteiger partial charge in [-0.1, -0.05) is 0 Å². The Morgan fingerprint density at radius 3 is 2.68 bits per heavy atom. The number of nitrogen functional groups attached to an aromatic ring is 1. The monoisotopic (exact) mass is 282 g/mol. The molecule has 1 aromatic rings. The first-order chi connectivity index (χ1) is 9.06. The molecule has 0 bridgehead atoms. The van der Waals surface area contributed by atoms with Gasteiger partial charge in [-0.25, -0.2) is 0 Å². The molecule has 0 aromatic carbocycles. The zero-order chi connectivity index (χ0) is 13.8. The fourth-order valence-corrected chi connectivity index (χ4v) is 2.95. The molecule has 0 radical (unpaired) electrons. The highest BCUT2D eigenvalue weighted by Crippen LogP contribution is 2.22. The van der Waals surface area contributed by atoms with Crippen LogP contribution >= 0.6 is 11.3 Å². The molecule has 19 heavy (non-hydrogen) atoms. The Bertz CT molecular complexity index is 418. The molecular formula is C13H22N4OS. The molecule has 0 spiro atoms. The number of aryl methyl sites for hydroxylation is 1. The summed E-state index contributed by atoms with van der Waals surface area (Å²) in [5.41, 5.74) is 6.46. The van der Waals surface area contributed by atoms with Gasteiger partial charge in [0, 0.05) is 49.8 Å². The minimum Gasteiger partial charge on any atom is -0.398 e. The van der Waals surface area contributed by atoms with E-state index in [-0.39, 0.29) is 5.91 Å². The lowest BCUT2D eigenvalue weighted by Gasteiger charge is -2.32. The van der Waals surface area contributed by atoms with Gasteiger partial charge in [-0.15, -0.1) is 11.3 Å². The van der Waals surface area contributed by atoms with E-state index in [0.717, 1.165) is 37.6 Å². The SMILES string of the molecule is Cc1sc(C(=O)NCCN2CCN(C)CC2)cc1N. The van der Waals surface area contributed by atoms with Crippen molar-refractivity contribution < 1.29 is 4.79 Å². The first-order valence-electron chi connectivity index (χ1n) is 6.61. The first kappa shape index (κ1) is 14.3. The van der Waals surface area contributed by atoms with E-state index in [1.165, 1.54) is 11.3 Å². The summed E-state index contributed by atoms with van der Waals surface area (Å²) in [6, 6.07) is 1.76. The lowest BCUT2D eigenvalue weighted by molar-refractivity contribution is 0.0945. The Balaban J connectivity index is 1.72. The van der Waals surface area contributed by atoms with Gasteiger partial charge >= 0.3 is 0 Å². The second-order valence-corrected chi connectivity index (χ2v) is 6.28. The van der Waals surface area contributed by atoms with E-state index in [9.17, 15) is 4.79 Å². The smallest absolute Gasteiger partial charge is 0.261 e. The molecular weight excluding hydrogens is 260 g/mol. The van der Waals surface area contributed by atoms with Crippen molar-refractivity contribution in [1.82, 2.24) is 15.1 Å². The molecule has 1 aromatic heterocycles. The molecule has 2 heterocycles. The van der Waals surface area contributed by atoms with E-state index >= 15 is 0 Å². The first-order valence-corrected chi connectivity index (χ1v) is 7.43. The van der Waals surface area contributed by atoms with E-state index in [1.807, 2.05) is 6.92 Å². The summed E-state index contributed by atoms with van der Waals surface area (Å²) in [6.45, 7) is 7.91. The van der Waals surface area contributed by atoms with Crippen LogP contribution in [0.15, 0.2) is 6.07 Å². The Hall–Kier alpha value is -1.11. The highest BCUT2D eigenvalue weighted by molar-refractivity contribution is 7.14. The van der Waals surface area contributed by atoms with Crippen molar-refractivity contribution in [3.05, 3.63) is 15.8 Å². The molecule has 0 aliphatic carbocycles. The normalized spacial score (nSPS) is 17.6. The Kier molecular flexibility index (Phi) is 4.79. The molecule has 1 saturated heterocycles. The number of carbonyl (C=O) groups excluding carboxylic acids is 1. The summed E-state index contributed by atoms with van der Waals surface area (Å²) < 4.78 is 0. The number of thiophene rings is 1. The van der Waals surface area contributed by atoms with Crippen LogP contribution in [0, 0.1) is 6.92 Å². The van der Waals surface area contributed by atoms with Gasteiger partial charge in [-0.3, -0.25) is 9.69 Å². The van der Waals surface area contributed by atoms with Gasteiger partial charge in [0.15, 0.2) is 0 Å². The molecule has 3 N–H and O–H groups in total. The molecule has 1 aliphatic rings. The van der Waals surface area contributed by atoms with Crippen molar-refractivity contribution in [3.8, 4) is 0 Å². The number of nitrogens with zero attached hydrogens (tertiary/aromatic N) is 2. The van der Waals surface area contributed by atoms with Crippen LogP contribution in [0.5, 0.6) is 0 Å². The van der Waals surface area contributed by atoms with Gasteiger partial charge in [0.05, 0.1) is 4.88 Å². The third-order valence-corrected chi connectivity index (χ3v) is 4.55. The van der Waals surface area contributed by atoms with Crippen LogP contribution in [0.3, 0.4) is 0 Å². The van der Waals surface area contributed by atoms with Gasteiger partial charge < -0.3 is 16.0 Å². The standard InChI is InChI=1S/C13H22N4OS/c1-10-11(14)9-12(19-10)13(18)15-3-4-17-7-5-16(2)6-8-17/h9H,3-8,14H2,1-2H3,(H,15,18). The van der Waals surface area contributed by atoms with Crippen molar-refractivity contribution >= 4 is 22.9 Å². The van der Waals surface area contributed by atoms with Crippen molar-refractivity contribution in [2.24, 2.45) is 0 Å². The number of piperazine rings is 1. The largest absolute Gasteiger partial charge is 0.398 e. The maximum Gasteiger partial charge on any atom is 0.261 e. The molecule has 1 aliphatic heterocycles. The van der Waals surface area contributed by atoms with Crippen molar-refractivity contribution in [3.63, 3.8) is 0 Å². The molecule has 2 rings (SSSR count). The second-order valence-electron chi connectivity index (χ2n) is 5.02. The fraction of sp³-hybridized carbons (Fsp3) is 0.615. The minimum atomic E-state index is -0.0149. The summed E-state index contributed by atoms with van der Waals surface area (Å²) >= 11 is 1.45. The van der Waals surface area contributed by atoms with Crippen LogP contribution in [0.4, 0.5) is 5.69 Å². The van der Waals surface area contributed by atoms with Crippen LogP contribution in [-0.4, -0.2) is 62.0 Å². The van der Waals surface area contributed by atoms with Crippen LogP contribution in [0.1, 0.15) is 14.5 Å². The predicted molar refractivity (Wildman–Crippen MR) is 79.7 cm³/mol. The fourth-order valence-electron chi connectivity index (χ4n) is 2.09. The molecule has 5 nitrogen and oxygen atoms in total. The highest BCUT2D eigenvalue weighted by Gasteiger charge is 2.14. The Labute approximate surface area is 118 Å². The summed E-state index contributed by atoms with van der Waals surface area (Å²) in [6.07, 6.45) is 0. The average molecular weight is 282 g/mol. The number of anilines is 1. The van der Waals surface area contributed by atoms with E-state index in [1.54, 1.807) is 6.07 Å². The van der Waals surface area contributed by atoms with Crippen molar-refractivity contribution in [2.45, 2.75) is 6.92 Å². The van der Waals surface area contributed by atoms with Gasteiger partial charge in [-0.05, 0) is 20.0 Å². The van der Waals surface area contributed by atoms with Crippen molar-refractivity contribution in [2.75, 3.05) is 52.0 Å². The zero-order valence-electron chi connectivity index (χ0n) is 11.6. The quantitative estimate of drug-likeness (QED) is 0.850. The van der Waals surface area contributed by atoms with E-state index < -0.39 is 0 Å². The summed E-state index contributed by atoms with van der Waals surface area (Å²) in [4.78, 5) is 18.3. The van der Waals surface area contributed by atoms with Crippen LogP contribution in [-0.2, 0) is 0 Å². The molecule has 106 valence electrons. The van der Waals surface area contributed by atoms with Crippen LogP contribution < -0.4 is 11.1 Å². The topological polar surface area (TPSA) is 61.6 Å². The maximum absolute atomic E-state index is 11.9. The number of amides is 1. The van der Waals surface area contributed by atoms with Gasteiger partial charge in [0.1, 0.15) is 0 Å². The van der Waals surface area contributed by atoms with Crippen LogP contribution in [0.2, 0.25) is 0 Å². The highest BCUT2D eigenvalue weighted by atomic mass is 32.1. The number of hydrogen-bond donors (Lipinski definition) is 2. The van der Waals surface area contributed by atoms with E-state index in [0.29, 0.717) is 17.1 Å². The molecule has 6 heteroatoms. The second kappa shape index (κ2) is 6.36. The Morgan fingerprint density at radius 1 is 1.42 bits per heavy atom. The maximum atomic E-state index is 11.9. The third-order valence-electron chi connectivity index (χ3n) is 3.49. The number of likely N-dealkylation sites (N-methyl/N-ethyl adjacent to an activating group) is 1. The molecule has 0 unspecified atom stereocenters. The lowest BCUT2D eigenvalue weighted by Crippen LogP contribution is -2.46. The van der Waals surface area contributed by atoms with E-state index in [4.69, 9.17) is 5.73 Å². The number of carbonyl (C=O) groups is 1. The molecule has 0 atom stereocenters. The minimum absolute atomic E-state index is 0.0149. The Morgan fingerprint density at radius 2 is 2.11 bits per heavy atom. The summed E-state index contributed by atoms with van der Waals surface area (Å²) in [5.74, 6) is -0.0149. The van der Waals surface area contributed by atoms with Gasteiger partial charge in [0.2, 0.25) is 0 Å². The zero-order valence-corrected chi connectivity index (χ0v) is 12.4. The average Bonchev–Trinajstić information content (AvgIpc) is 2.72. The van der Waals surface area contributed by atoms with Gasteiger partial charge in [-0.2, -0.15) is 0 Å². The molecule has 0 saturated carbocycles. The summed E-state index contributed by atoms with van der Waals surface area (Å²) in [5, 5.41) is 2.96. The number of nitrogens with one attached hydrogen (secondary N) is 1. The number of hydrogen-bond acceptors (Lipinski definition) is 5. The molecule has 1 fully saturated rings. The third kappa shape index (κ3) is 3.92. The number of rotatable bonds is 4. The van der Waals surface area contributed by atoms with E-state index in [2.05, 4.69) is 22.2 Å². The van der Waals surface area contributed by atoms with Crippen LogP contribution in [0.25, 0.3) is 0 Å². The summed E-state index contributed by atoms with van der Waals surface area (Å²) in [7, 11) is 2.14. The van der Waals surface area contributed by atoms with Crippen molar-refractivity contribution in [1.29, 1.82) is 0 Å². The molecule has 1 amide bonds. The lowest BCUT2D eigenvalue weighted by atomic mass is 10.3. The van der Waals surface area contributed by atoms with Gasteiger partial charge in [0.25, 0.3) is 5.91 Å².